The van der Waals surface area contributed by atoms with Crippen LogP contribution in [-0.2, 0) is 10.0 Å². The Morgan fingerprint density at radius 3 is 2.25 bits per heavy atom. The fourth-order valence-electron chi connectivity index (χ4n) is 1.04. The molecule has 12 heavy (non-hydrogen) atoms. The number of sulfonamides is 1. The highest BCUT2D eigenvalue weighted by Gasteiger charge is 2.14. The minimum atomic E-state index is -3.14. The molecule has 0 aliphatic heterocycles. The van der Waals surface area contributed by atoms with E-state index in [1.807, 2.05) is 13.8 Å². The van der Waals surface area contributed by atoms with Crippen LogP contribution < -0.4 is 10.5 Å². The first-order chi connectivity index (χ1) is 5.37. The SMILES string of the molecule is CNS(=O)(=O)CC(N)CC(C)C. The van der Waals surface area contributed by atoms with Gasteiger partial charge in [-0.2, -0.15) is 0 Å². The minimum absolute atomic E-state index is 0.0156. The third-order valence-electron chi connectivity index (χ3n) is 1.52. The standard InChI is InChI=1S/C7H18N2O2S/c1-6(2)4-7(8)5-12(10,11)9-3/h6-7,9H,4-5,8H2,1-3H3. The van der Waals surface area contributed by atoms with Gasteiger partial charge in [-0.15, -0.1) is 0 Å². The van der Waals surface area contributed by atoms with Crippen molar-refractivity contribution in [3.05, 3.63) is 0 Å². The number of hydrogen-bond donors (Lipinski definition) is 2. The third-order valence-corrected chi connectivity index (χ3v) is 3.01. The second kappa shape index (κ2) is 4.79. The largest absolute Gasteiger partial charge is 0.327 e. The normalized spacial score (nSPS) is 15.1. The van der Waals surface area contributed by atoms with E-state index in [4.69, 9.17) is 5.73 Å². The molecule has 0 spiro atoms. The van der Waals surface area contributed by atoms with Crippen molar-refractivity contribution in [1.29, 1.82) is 0 Å². The molecular formula is C7H18N2O2S. The summed E-state index contributed by atoms with van der Waals surface area (Å²) in [5.41, 5.74) is 5.62. The van der Waals surface area contributed by atoms with Gasteiger partial charge in [0.05, 0.1) is 5.75 Å². The summed E-state index contributed by atoms with van der Waals surface area (Å²) in [4.78, 5) is 0. The fourth-order valence-corrected chi connectivity index (χ4v) is 1.91. The van der Waals surface area contributed by atoms with E-state index in [2.05, 4.69) is 4.72 Å². The van der Waals surface area contributed by atoms with Gasteiger partial charge in [0.15, 0.2) is 0 Å². The lowest BCUT2D eigenvalue weighted by molar-refractivity contribution is 0.511. The van der Waals surface area contributed by atoms with E-state index in [0.717, 1.165) is 6.42 Å². The first-order valence-corrected chi connectivity index (χ1v) is 5.69. The molecule has 0 saturated heterocycles. The maximum absolute atomic E-state index is 11.0. The molecule has 0 aliphatic rings. The summed E-state index contributed by atoms with van der Waals surface area (Å²) in [5.74, 6) is 0.453. The quantitative estimate of drug-likeness (QED) is 0.642. The molecule has 0 aromatic carbocycles. The number of hydrogen-bond acceptors (Lipinski definition) is 3. The first kappa shape index (κ1) is 11.9. The lowest BCUT2D eigenvalue weighted by Gasteiger charge is -2.13. The Bertz CT molecular complexity index is 211. The van der Waals surface area contributed by atoms with Crippen LogP contribution in [-0.4, -0.2) is 27.3 Å². The topological polar surface area (TPSA) is 72.2 Å². The van der Waals surface area contributed by atoms with Crippen LogP contribution >= 0.6 is 0 Å². The molecule has 0 aromatic heterocycles. The Balaban J connectivity index is 3.93. The van der Waals surface area contributed by atoms with Crippen molar-refractivity contribution >= 4 is 10.0 Å². The Morgan fingerprint density at radius 1 is 1.42 bits per heavy atom. The van der Waals surface area contributed by atoms with E-state index >= 15 is 0 Å². The molecule has 0 heterocycles. The van der Waals surface area contributed by atoms with Crippen LogP contribution in [0, 0.1) is 5.92 Å². The van der Waals surface area contributed by atoms with E-state index in [1.165, 1.54) is 7.05 Å². The molecule has 0 radical (unpaired) electrons. The number of rotatable bonds is 5. The Hall–Kier alpha value is -0.130. The summed E-state index contributed by atoms with van der Waals surface area (Å²) in [7, 11) is -1.74. The Kier molecular flexibility index (Phi) is 4.74. The van der Waals surface area contributed by atoms with Gasteiger partial charge in [0.1, 0.15) is 0 Å². The third kappa shape index (κ3) is 5.51. The average molecular weight is 194 g/mol. The molecule has 0 bridgehead atoms. The molecule has 5 heteroatoms. The molecule has 0 saturated carbocycles. The molecule has 0 amide bonds. The van der Waals surface area contributed by atoms with Gasteiger partial charge in [-0.25, -0.2) is 13.1 Å². The van der Waals surface area contributed by atoms with Crippen molar-refractivity contribution in [1.82, 2.24) is 4.72 Å². The molecule has 0 rings (SSSR count). The van der Waals surface area contributed by atoms with Crippen LogP contribution in [0.3, 0.4) is 0 Å². The molecule has 1 unspecified atom stereocenters. The molecule has 74 valence electrons. The first-order valence-electron chi connectivity index (χ1n) is 4.04. The van der Waals surface area contributed by atoms with Gasteiger partial charge in [-0.05, 0) is 19.4 Å². The highest BCUT2D eigenvalue weighted by Crippen LogP contribution is 2.03. The number of nitrogens with two attached hydrogens (primary N) is 1. The molecule has 0 aliphatic carbocycles. The van der Waals surface area contributed by atoms with Crippen LogP contribution in [0.4, 0.5) is 0 Å². The predicted octanol–water partition coefficient (Wildman–Crippen LogP) is -0.0910. The summed E-state index contributed by atoms with van der Waals surface area (Å²) in [6.45, 7) is 4.04. The summed E-state index contributed by atoms with van der Waals surface area (Å²) in [6.07, 6.45) is 0.737. The van der Waals surface area contributed by atoms with Crippen LogP contribution in [0.1, 0.15) is 20.3 Å². The van der Waals surface area contributed by atoms with E-state index in [9.17, 15) is 8.42 Å². The van der Waals surface area contributed by atoms with E-state index in [1.54, 1.807) is 0 Å². The second-order valence-electron chi connectivity index (χ2n) is 3.38. The van der Waals surface area contributed by atoms with Crippen LogP contribution in [0.2, 0.25) is 0 Å². The minimum Gasteiger partial charge on any atom is -0.327 e. The zero-order valence-electron chi connectivity index (χ0n) is 7.87. The molecule has 4 nitrogen and oxygen atoms in total. The van der Waals surface area contributed by atoms with Gasteiger partial charge in [-0.3, -0.25) is 0 Å². The van der Waals surface area contributed by atoms with Gasteiger partial charge in [0.25, 0.3) is 0 Å². The maximum atomic E-state index is 11.0. The molecule has 0 fully saturated rings. The predicted molar refractivity (Wildman–Crippen MR) is 50.3 cm³/mol. The van der Waals surface area contributed by atoms with E-state index in [0.29, 0.717) is 5.92 Å². The van der Waals surface area contributed by atoms with E-state index < -0.39 is 10.0 Å². The van der Waals surface area contributed by atoms with Crippen LogP contribution in [0.25, 0.3) is 0 Å². The number of nitrogens with one attached hydrogen (secondary N) is 1. The van der Waals surface area contributed by atoms with Gasteiger partial charge in [0, 0.05) is 6.04 Å². The Labute approximate surface area is 74.6 Å². The molecule has 1 atom stereocenters. The fraction of sp³-hybridized carbons (Fsp3) is 1.00. The lowest BCUT2D eigenvalue weighted by atomic mass is 10.1. The highest BCUT2D eigenvalue weighted by molar-refractivity contribution is 7.89. The summed E-state index contributed by atoms with van der Waals surface area (Å²) < 4.78 is 24.2. The second-order valence-corrected chi connectivity index (χ2v) is 5.35. The van der Waals surface area contributed by atoms with Crippen molar-refractivity contribution in [2.75, 3.05) is 12.8 Å². The van der Waals surface area contributed by atoms with Crippen molar-refractivity contribution in [2.24, 2.45) is 11.7 Å². The van der Waals surface area contributed by atoms with Gasteiger partial charge in [0.2, 0.25) is 10.0 Å². The van der Waals surface area contributed by atoms with Crippen molar-refractivity contribution in [3.8, 4) is 0 Å². The van der Waals surface area contributed by atoms with Crippen LogP contribution in [0.15, 0.2) is 0 Å². The maximum Gasteiger partial charge on any atom is 0.212 e. The van der Waals surface area contributed by atoms with E-state index in [-0.39, 0.29) is 11.8 Å². The zero-order chi connectivity index (χ0) is 9.78. The molecule has 3 N–H and O–H groups in total. The van der Waals surface area contributed by atoms with Gasteiger partial charge >= 0.3 is 0 Å². The Morgan fingerprint density at radius 2 is 1.92 bits per heavy atom. The highest BCUT2D eigenvalue weighted by atomic mass is 32.2. The smallest absolute Gasteiger partial charge is 0.212 e. The lowest BCUT2D eigenvalue weighted by Crippen LogP contribution is -2.35. The van der Waals surface area contributed by atoms with Crippen molar-refractivity contribution in [3.63, 3.8) is 0 Å². The van der Waals surface area contributed by atoms with Crippen molar-refractivity contribution in [2.45, 2.75) is 26.3 Å². The molecule has 0 aromatic rings. The summed E-state index contributed by atoms with van der Waals surface area (Å²) >= 11 is 0. The van der Waals surface area contributed by atoms with Gasteiger partial charge in [-0.1, -0.05) is 13.8 Å². The van der Waals surface area contributed by atoms with Gasteiger partial charge < -0.3 is 5.73 Å². The van der Waals surface area contributed by atoms with Crippen molar-refractivity contribution < 1.29 is 8.42 Å². The van der Waals surface area contributed by atoms with Crippen LogP contribution in [0.5, 0.6) is 0 Å². The summed E-state index contributed by atoms with van der Waals surface area (Å²) in [5, 5.41) is 0. The molecular weight excluding hydrogens is 176 g/mol. The zero-order valence-corrected chi connectivity index (χ0v) is 8.69. The average Bonchev–Trinajstić information content (AvgIpc) is 1.84. The monoisotopic (exact) mass is 194 g/mol. The summed E-state index contributed by atoms with van der Waals surface area (Å²) in [6, 6.07) is -0.262.